The van der Waals surface area contributed by atoms with Gasteiger partial charge < -0.3 is 56.2 Å². The van der Waals surface area contributed by atoms with Crippen LogP contribution in [0.5, 0.6) is 0 Å². The molecular weight excluding hydrogens is 1620 g/mol. The second-order valence-electron chi connectivity index (χ2n) is 29.0. The second kappa shape index (κ2) is 45.2. The average molecular weight is 1710 g/mol. The van der Waals surface area contributed by atoms with Crippen molar-refractivity contribution in [2.45, 2.75) is 70.6 Å². The van der Waals surface area contributed by atoms with Crippen LogP contribution in [0.3, 0.4) is 0 Å². The molecule has 0 radical (unpaired) electrons. The van der Waals surface area contributed by atoms with Gasteiger partial charge in [-0.05, 0) is 193 Å². The van der Waals surface area contributed by atoms with E-state index in [4.69, 9.17) is 74.9 Å². The van der Waals surface area contributed by atoms with E-state index in [9.17, 15) is 49.2 Å². The summed E-state index contributed by atoms with van der Waals surface area (Å²) < 4.78 is 0. The van der Waals surface area contributed by atoms with E-state index in [0.29, 0.717) is 129 Å². The maximum absolute atomic E-state index is 13.4. The SMILES string of the molecule is CC(=O)N[C@@H]1CCN(CC(=O)N(CCc2ccc(-c3cccc(C#N)c3)cc2)CC(=O)Nc2cc(Cl)cc(Cl)c2)C1.N#Cc1cccc(-c2ccc(CCN(CC(=O)Nc3cc(Cl)cc(Cl)c3)C(=O)CCN3CC[C@@H](O)C3)cc2)c1.N#Cc1cccc(-c2ccc(CN(CC(=O)Nc3cc(Cl)cc(Cl)c3)C(=O)NCCN3CCCC3)cc2)c1. The van der Waals surface area contributed by atoms with Gasteiger partial charge in [0.2, 0.25) is 35.4 Å². The second-order valence-corrected chi connectivity index (χ2v) is 31.6. The Morgan fingerprint density at radius 3 is 1.24 bits per heavy atom. The summed E-state index contributed by atoms with van der Waals surface area (Å²) in [6.07, 6.45) is 4.88. The Morgan fingerprint density at radius 2 is 0.839 bits per heavy atom. The minimum absolute atomic E-state index is 0.0111. The molecule has 8 amide bonds. The van der Waals surface area contributed by atoms with E-state index >= 15 is 0 Å². The third kappa shape index (κ3) is 29.3. The quantitative estimate of drug-likeness (QED) is 0.0254. The Morgan fingerprint density at radius 1 is 0.441 bits per heavy atom. The highest BCUT2D eigenvalue weighted by Crippen LogP contribution is 2.29. The van der Waals surface area contributed by atoms with Crippen LogP contribution in [0.25, 0.3) is 33.4 Å². The number of hydrogen-bond acceptors (Lipinski definition) is 14. The van der Waals surface area contributed by atoms with Gasteiger partial charge >= 0.3 is 6.03 Å². The first-order valence-electron chi connectivity index (χ1n) is 38.6. The number of anilines is 3. The number of aliphatic hydroxyl groups is 1. The fourth-order valence-corrected chi connectivity index (χ4v) is 15.5. The van der Waals surface area contributed by atoms with Gasteiger partial charge in [-0.15, -0.1) is 0 Å². The Hall–Kier alpha value is -10.9. The summed E-state index contributed by atoms with van der Waals surface area (Å²) in [5, 5.41) is 53.9. The molecule has 22 nitrogen and oxygen atoms in total. The number of carbonyl (C=O) groups excluding carboxylic acids is 7. The molecule has 0 saturated carbocycles. The summed E-state index contributed by atoms with van der Waals surface area (Å²) in [5.41, 5.74) is 11.9. The Balaban J connectivity index is 0.000000187. The predicted octanol–water partition coefficient (Wildman–Crippen LogP) is 15.5. The van der Waals surface area contributed by atoms with E-state index in [0.717, 1.165) is 82.7 Å². The first-order chi connectivity index (χ1) is 56.8. The number of benzene rings is 9. The molecule has 3 saturated heterocycles. The summed E-state index contributed by atoms with van der Waals surface area (Å²) in [4.78, 5) is 101. The lowest BCUT2D eigenvalue weighted by atomic mass is 10.0. The molecule has 3 heterocycles. The number of amides is 8. The summed E-state index contributed by atoms with van der Waals surface area (Å²) in [7, 11) is 0. The molecule has 2 atom stereocenters. The lowest BCUT2D eigenvalue weighted by molar-refractivity contribution is -0.135. The number of β-amino-alcohol motifs (C(OH)–C–C–N with tert-alkyl or cyclic N) is 1. The minimum Gasteiger partial charge on any atom is -0.392 e. The number of rotatable bonds is 29. The number of nitrogens with zero attached hydrogens (tertiary/aromatic N) is 9. The van der Waals surface area contributed by atoms with E-state index in [-0.39, 0.29) is 92.8 Å². The van der Waals surface area contributed by atoms with Crippen LogP contribution in [-0.4, -0.2) is 186 Å². The molecule has 0 aromatic heterocycles. The van der Waals surface area contributed by atoms with E-state index in [1.807, 2.05) is 132 Å². The number of nitrogens with one attached hydrogen (secondary N) is 5. The number of nitriles is 3. The van der Waals surface area contributed by atoms with E-state index in [1.165, 1.54) is 24.7 Å². The van der Waals surface area contributed by atoms with Crippen LogP contribution in [0.4, 0.5) is 21.9 Å². The molecule has 610 valence electrons. The molecule has 6 N–H and O–H groups in total. The van der Waals surface area contributed by atoms with E-state index in [1.54, 1.807) is 82.6 Å². The third-order valence-corrected chi connectivity index (χ3v) is 21.1. The number of likely N-dealkylation sites (tertiary alicyclic amines) is 3. The van der Waals surface area contributed by atoms with Crippen molar-refractivity contribution in [1.29, 1.82) is 15.8 Å². The zero-order valence-corrected chi connectivity index (χ0v) is 69.6. The van der Waals surface area contributed by atoms with Gasteiger partial charge in [-0.2, -0.15) is 15.8 Å². The molecule has 28 heteroatoms. The fraction of sp³-hybridized carbons (Fsp3) is 0.289. The maximum atomic E-state index is 13.4. The van der Waals surface area contributed by atoms with Crippen molar-refractivity contribution in [3.8, 4) is 51.6 Å². The predicted molar refractivity (Wildman–Crippen MR) is 465 cm³/mol. The molecule has 0 spiro atoms. The Labute approximate surface area is 717 Å². The van der Waals surface area contributed by atoms with Gasteiger partial charge in [-0.3, -0.25) is 33.7 Å². The third-order valence-electron chi connectivity index (χ3n) is 19.8. The first-order valence-corrected chi connectivity index (χ1v) is 40.9. The summed E-state index contributed by atoms with van der Waals surface area (Å²) in [5.74, 6) is -1.44. The molecule has 3 aliphatic heterocycles. The maximum Gasteiger partial charge on any atom is 0.318 e. The van der Waals surface area contributed by atoms with Gasteiger partial charge in [-0.1, -0.05) is 179 Å². The van der Waals surface area contributed by atoms with Crippen LogP contribution >= 0.6 is 69.6 Å². The number of urea groups is 1. The van der Waals surface area contributed by atoms with Gasteiger partial charge in [0.15, 0.2) is 0 Å². The normalized spacial score (nSPS) is 14.3. The smallest absolute Gasteiger partial charge is 0.318 e. The highest BCUT2D eigenvalue weighted by Gasteiger charge is 2.29. The van der Waals surface area contributed by atoms with Crippen LogP contribution in [0.15, 0.2) is 200 Å². The zero-order chi connectivity index (χ0) is 84.0. The fourth-order valence-electron chi connectivity index (χ4n) is 13.9. The van der Waals surface area contributed by atoms with Crippen molar-refractivity contribution >= 4 is 128 Å². The molecule has 0 bridgehead atoms. The molecule has 3 aliphatic rings. The summed E-state index contributed by atoms with van der Waals surface area (Å²) >= 11 is 36.3. The first kappa shape index (κ1) is 89.5. The van der Waals surface area contributed by atoms with Crippen molar-refractivity contribution in [1.82, 2.24) is 40.0 Å². The van der Waals surface area contributed by atoms with E-state index < -0.39 is 0 Å². The number of hydrogen-bond donors (Lipinski definition) is 6. The van der Waals surface area contributed by atoms with Gasteiger partial charge in [0.05, 0.1) is 60.6 Å². The lowest BCUT2D eigenvalue weighted by Crippen LogP contribution is -2.45. The average Bonchev–Trinajstić information content (AvgIpc) is 1.02. The number of halogens is 6. The Bertz CT molecular complexity index is 5070. The monoisotopic (exact) mass is 1700 g/mol. The Kier molecular flexibility index (Phi) is 34.2. The standard InChI is InChI=1S/C31H31Cl2N5O3.C30H30Cl2N4O3.C29H29Cl2N5O2/c1-21(39)35-28-10-11-37(18-28)20-31(41)38(19-30(40)36-29-15-26(32)14-27(33)16-29)12-9-22-5-7-24(8-6-22)25-4-2-3-23(13-25)17-34;31-25-15-26(32)17-27(16-25)34-29(38)20-36(30(39)10-12-35-11-9-28(37)19-35)13-8-21-4-6-23(7-5-21)24-3-1-2-22(14-24)18-33;30-25-15-26(31)17-27(16-25)34-28(37)20-36(29(38)33-10-13-35-11-1-2-12-35)19-21-6-8-23(9-7-21)24-5-3-4-22(14-24)18-32/h2-8,13-16,28H,9-12,18-20H2,1H3,(H,35,39)(H,36,40);1-7,14-17,28,37H,8-13,19-20H2,(H,34,38);3-9,14-17H,1-2,10-13,19-20H2,(H,33,38)(H,34,37)/t2*28-;/m11./s1. The number of carbonyl (C=O) groups is 7. The van der Waals surface area contributed by atoms with Gasteiger partial charge in [0.25, 0.3) is 0 Å². The van der Waals surface area contributed by atoms with Crippen LogP contribution < -0.4 is 26.6 Å². The molecule has 9 aromatic rings. The van der Waals surface area contributed by atoms with E-state index in [2.05, 4.69) is 54.6 Å². The van der Waals surface area contributed by atoms with Gasteiger partial charge in [0.1, 0.15) is 6.54 Å². The molecule has 12 rings (SSSR count). The minimum atomic E-state index is -0.359. The largest absolute Gasteiger partial charge is 0.392 e. The molecule has 0 aliphatic carbocycles. The molecule has 3 fully saturated rings. The van der Waals surface area contributed by atoms with Crippen molar-refractivity contribution < 1.29 is 38.7 Å². The highest BCUT2D eigenvalue weighted by atomic mass is 35.5. The molecule has 9 aromatic carbocycles. The van der Waals surface area contributed by atoms with Crippen LogP contribution in [0.2, 0.25) is 30.1 Å². The number of aliphatic hydroxyl groups excluding tert-OH is 1. The van der Waals surface area contributed by atoms with Gasteiger partial charge in [-0.25, -0.2) is 4.79 Å². The molecular formula is C90H90Cl6N14O8. The topological polar surface area (TPSA) is 291 Å². The van der Waals surface area contributed by atoms with Crippen molar-refractivity contribution in [3.05, 3.63) is 264 Å². The van der Waals surface area contributed by atoms with Crippen LogP contribution in [0, 0.1) is 34.0 Å². The van der Waals surface area contributed by atoms with Crippen LogP contribution in [0.1, 0.15) is 72.4 Å². The zero-order valence-electron chi connectivity index (χ0n) is 65.1. The highest BCUT2D eigenvalue weighted by molar-refractivity contribution is 6.36. The van der Waals surface area contributed by atoms with Crippen molar-refractivity contribution in [3.63, 3.8) is 0 Å². The molecule has 0 unspecified atom stereocenters. The summed E-state index contributed by atoms with van der Waals surface area (Å²) in [6, 6.07) is 66.4. The summed E-state index contributed by atoms with van der Waals surface area (Å²) in [6.45, 7) is 8.72. The van der Waals surface area contributed by atoms with Crippen molar-refractivity contribution in [2.75, 3.05) is 114 Å². The van der Waals surface area contributed by atoms with Crippen LogP contribution in [-0.2, 0) is 48.2 Å². The lowest BCUT2D eigenvalue weighted by Gasteiger charge is -2.25. The molecule has 118 heavy (non-hydrogen) atoms. The van der Waals surface area contributed by atoms with Gasteiger partial charge in [0, 0.05) is 132 Å². The van der Waals surface area contributed by atoms with Crippen molar-refractivity contribution in [2.24, 2.45) is 0 Å².